The van der Waals surface area contributed by atoms with Crippen molar-refractivity contribution in [1.29, 1.82) is 0 Å². The number of aliphatic carboxylic acids is 1. The van der Waals surface area contributed by atoms with Gasteiger partial charge in [0.25, 0.3) is 5.91 Å². The number of carboxylic acids is 1. The van der Waals surface area contributed by atoms with Crippen LogP contribution in [0.5, 0.6) is 0 Å². The molecule has 0 radical (unpaired) electrons. The quantitative estimate of drug-likeness (QED) is 0.0299. The lowest BCUT2D eigenvalue weighted by Crippen LogP contribution is -2.60. The molecule has 0 spiro atoms. The average molecular weight is 1040 g/mol. The number of carbonyl (C=O) groups excluding carboxylic acids is 8. The zero-order valence-electron chi connectivity index (χ0n) is 41.8. The number of para-hydroxylation sites is 1. The van der Waals surface area contributed by atoms with Gasteiger partial charge in [0.1, 0.15) is 36.3 Å². The van der Waals surface area contributed by atoms with Gasteiger partial charge < -0.3 is 69.1 Å². The number of imidazole rings is 1. The Morgan fingerprint density at radius 3 is 2.21 bits per heavy atom. The molecule has 4 aromatic rings. The minimum atomic E-state index is -1.67. The summed E-state index contributed by atoms with van der Waals surface area (Å²) >= 11 is 0. The van der Waals surface area contributed by atoms with Crippen LogP contribution >= 0.6 is 0 Å². The van der Waals surface area contributed by atoms with E-state index in [1.54, 1.807) is 48.7 Å². The van der Waals surface area contributed by atoms with E-state index in [9.17, 15) is 48.3 Å². The number of rotatable bonds is 15. The molecule has 15 N–H and O–H groups in total. The number of carboxylic acid groups (broad SMARTS) is 1. The van der Waals surface area contributed by atoms with Gasteiger partial charge in [-0.1, -0.05) is 80.1 Å². The van der Waals surface area contributed by atoms with Crippen LogP contribution in [-0.4, -0.2) is 135 Å². The molecule has 1 aliphatic heterocycles. The molecule has 1 fully saturated rings. The van der Waals surface area contributed by atoms with Crippen LogP contribution in [0.4, 0.5) is 0 Å². The van der Waals surface area contributed by atoms with E-state index in [1.807, 2.05) is 19.1 Å². The molecule has 8 amide bonds. The number of guanidine groups is 1. The summed E-state index contributed by atoms with van der Waals surface area (Å²) in [5.74, 6) is -2.47. The van der Waals surface area contributed by atoms with E-state index in [1.165, 1.54) is 19.4 Å². The molecule has 2 aromatic carbocycles. The van der Waals surface area contributed by atoms with E-state index >= 15 is 0 Å². The van der Waals surface area contributed by atoms with Gasteiger partial charge in [-0.15, -0.1) is 0 Å². The highest BCUT2D eigenvalue weighted by molar-refractivity contribution is 5.99. The second-order valence-electron chi connectivity index (χ2n) is 18.0. The first kappa shape index (κ1) is 57.2. The summed E-state index contributed by atoms with van der Waals surface area (Å²) in [6.45, 7) is 3.14. The predicted octanol–water partition coefficient (Wildman–Crippen LogP) is -0.840. The van der Waals surface area contributed by atoms with E-state index in [-0.39, 0.29) is 70.4 Å². The zero-order valence-corrected chi connectivity index (χ0v) is 41.8. The number of aromatic nitrogens is 3. The molecule has 400 valence electrons. The lowest BCUT2D eigenvalue weighted by molar-refractivity contribution is -0.142. The van der Waals surface area contributed by atoms with E-state index in [2.05, 4.69) is 74.3 Å². The summed E-state index contributed by atoms with van der Waals surface area (Å²) < 4.78 is 0. The van der Waals surface area contributed by atoms with Crippen molar-refractivity contribution in [3.05, 3.63) is 90.1 Å². The highest BCUT2D eigenvalue weighted by Gasteiger charge is 2.35. The summed E-state index contributed by atoms with van der Waals surface area (Å²) in [4.78, 5) is 138. The number of aliphatic imine (C=N–C) groups is 1. The highest BCUT2D eigenvalue weighted by Crippen LogP contribution is 2.17. The van der Waals surface area contributed by atoms with Crippen molar-refractivity contribution in [3.8, 4) is 11.8 Å². The number of nitrogens with zero attached hydrogens (tertiary/aromatic N) is 2. The smallest absolute Gasteiger partial charge is 0.326 e. The standard InChI is InChI=1S/C51H66N14O10/c1-3-4-16-36(59-30(2)66)44(68)65-42-26-43(67)55-22-11-10-18-39(50(74)75)62-46(70)38(21-20-32-27-57-35-17-9-8-15-34(32)35)61-45(69)37(19-12-23-56-51(52)53)60-47(71)40(24-31-13-6-5-7-14-31)63-48(72)41(64-49(42)73)25-33-28-54-29-58-33/h5-9,13-15,17,27-29,36-42,57H,3-4,10-12,16,18-19,22-26H2,1-2H3,(H,54,58)(H,55,67)(H,59,66)(H,60,71)(H,61,69)(H,62,70)(H,63,72)(H,64,73)(H,65,68)(H,74,75)(H4,52,53,56)/t36-,37?,38-,39-,40+,41-,42-/m0/s1. The molecule has 1 saturated heterocycles. The van der Waals surface area contributed by atoms with Crippen LogP contribution in [0, 0.1) is 11.8 Å². The predicted molar refractivity (Wildman–Crippen MR) is 275 cm³/mol. The van der Waals surface area contributed by atoms with E-state index in [0.29, 0.717) is 35.0 Å². The Bertz CT molecular complexity index is 2710. The van der Waals surface area contributed by atoms with Crippen LogP contribution in [0.25, 0.3) is 10.9 Å². The van der Waals surface area contributed by atoms with Crippen molar-refractivity contribution in [1.82, 2.24) is 57.5 Å². The van der Waals surface area contributed by atoms with Gasteiger partial charge in [-0.3, -0.25) is 43.3 Å². The number of benzene rings is 2. The number of fused-ring (bicyclic) bond motifs is 1. The number of hydrogen-bond donors (Lipinski definition) is 13. The van der Waals surface area contributed by atoms with Crippen LogP contribution in [0.3, 0.4) is 0 Å². The van der Waals surface area contributed by atoms with Gasteiger partial charge >= 0.3 is 5.97 Å². The van der Waals surface area contributed by atoms with Crippen LogP contribution in [0.2, 0.25) is 0 Å². The molecule has 2 aromatic heterocycles. The maximum absolute atomic E-state index is 14.6. The van der Waals surface area contributed by atoms with Gasteiger partial charge in [-0.05, 0) is 50.2 Å². The third-order valence-electron chi connectivity index (χ3n) is 12.0. The number of aromatic amines is 2. The SMILES string of the molecule is CCCC[C@H](NC(C)=O)C(=O)N[C@H]1CC(=O)NCCCC[C@@H](C(=O)O)NC(=O)[C@H](C#Cc2c[nH]c3ccccc23)NC(=O)C(CCCN=C(N)N)NC(=O)[C@@H](Cc2ccccc2)NC(=O)[C@H](Cc2cnc[nH]2)NC1=O. The third kappa shape index (κ3) is 18.7. The van der Waals surface area contributed by atoms with Gasteiger partial charge in [0.2, 0.25) is 41.4 Å². The maximum Gasteiger partial charge on any atom is 0.326 e. The van der Waals surface area contributed by atoms with E-state index in [4.69, 9.17) is 11.5 Å². The normalized spacial score (nSPS) is 21.0. The van der Waals surface area contributed by atoms with Gasteiger partial charge in [0, 0.05) is 67.4 Å². The summed E-state index contributed by atoms with van der Waals surface area (Å²) in [5, 5.41) is 31.9. The molecule has 24 nitrogen and oxygen atoms in total. The highest BCUT2D eigenvalue weighted by atomic mass is 16.4. The Kier molecular flexibility index (Phi) is 22.2. The number of nitrogens with two attached hydrogens (primary N) is 2. The lowest BCUT2D eigenvalue weighted by atomic mass is 10.0. The Morgan fingerprint density at radius 1 is 0.827 bits per heavy atom. The number of nitrogens with one attached hydrogen (secondary N) is 10. The summed E-state index contributed by atoms with van der Waals surface area (Å²) in [6, 6.07) is 5.65. The number of carbonyl (C=O) groups is 9. The van der Waals surface area contributed by atoms with Crippen molar-refractivity contribution in [2.24, 2.45) is 16.5 Å². The Morgan fingerprint density at radius 2 is 1.52 bits per heavy atom. The maximum atomic E-state index is 14.6. The molecule has 1 aliphatic rings. The number of H-pyrrole nitrogens is 2. The van der Waals surface area contributed by atoms with Gasteiger partial charge in [0.05, 0.1) is 12.7 Å². The van der Waals surface area contributed by atoms with Crippen LogP contribution in [0.1, 0.15) is 88.5 Å². The molecule has 3 heterocycles. The summed E-state index contributed by atoms with van der Waals surface area (Å²) in [5.41, 5.74) is 13.3. The molecule has 0 saturated carbocycles. The molecule has 1 unspecified atom stereocenters. The fraction of sp³-hybridized carbons (Fsp3) is 0.431. The third-order valence-corrected chi connectivity index (χ3v) is 12.0. The first-order chi connectivity index (χ1) is 36.0. The molecule has 7 atom stereocenters. The average Bonchev–Trinajstić information content (AvgIpc) is 4.06. The molecular formula is C51H66N14O10. The fourth-order valence-electron chi connectivity index (χ4n) is 8.08. The number of unbranched alkanes of at least 4 members (excludes halogenated alkanes) is 1. The minimum absolute atomic E-state index is 0.0134. The zero-order chi connectivity index (χ0) is 54.3. The molecule has 75 heavy (non-hydrogen) atoms. The van der Waals surface area contributed by atoms with Crippen molar-refractivity contribution >= 4 is 70.1 Å². The van der Waals surface area contributed by atoms with Gasteiger partial charge in [0.15, 0.2) is 12.0 Å². The van der Waals surface area contributed by atoms with Gasteiger partial charge in [-0.25, -0.2) is 9.78 Å². The summed E-state index contributed by atoms with van der Waals surface area (Å²) in [7, 11) is 0. The monoisotopic (exact) mass is 1030 g/mol. The Hall–Kier alpha value is -8.75. The second-order valence-corrected chi connectivity index (χ2v) is 18.0. The lowest BCUT2D eigenvalue weighted by Gasteiger charge is -2.27. The number of hydrogen-bond acceptors (Lipinski definition) is 11. The molecule has 0 aliphatic carbocycles. The fourth-order valence-corrected chi connectivity index (χ4v) is 8.08. The first-order valence-corrected chi connectivity index (χ1v) is 24.7. The topological polar surface area (TPSA) is 379 Å². The van der Waals surface area contributed by atoms with Crippen molar-refractivity contribution in [2.45, 2.75) is 127 Å². The van der Waals surface area contributed by atoms with Crippen molar-refractivity contribution in [3.63, 3.8) is 0 Å². The van der Waals surface area contributed by atoms with Crippen LogP contribution < -0.4 is 54.0 Å². The minimum Gasteiger partial charge on any atom is -0.480 e. The van der Waals surface area contributed by atoms with Gasteiger partial charge in [-0.2, -0.15) is 0 Å². The molecule has 24 heteroatoms. The number of amides is 8. The van der Waals surface area contributed by atoms with Crippen LogP contribution in [0.15, 0.2) is 78.3 Å². The van der Waals surface area contributed by atoms with Crippen molar-refractivity contribution in [2.75, 3.05) is 13.1 Å². The first-order valence-electron chi connectivity index (χ1n) is 24.7. The molecule has 5 rings (SSSR count). The molecule has 0 bridgehead atoms. The van der Waals surface area contributed by atoms with Crippen LogP contribution in [-0.2, 0) is 56.0 Å². The molecular weight excluding hydrogens is 969 g/mol. The Balaban J connectivity index is 1.56. The van der Waals surface area contributed by atoms with E-state index < -0.39 is 102 Å². The van der Waals surface area contributed by atoms with Crippen molar-refractivity contribution < 1.29 is 48.3 Å². The second kappa shape index (κ2) is 29.1. The Labute approximate surface area is 432 Å². The van der Waals surface area contributed by atoms with E-state index in [0.717, 1.165) is 5.52 Å². The largest absolute Gasteiger partial charge is 0.480 e. The summed E-state index contributed by atoms with van der Waals surface area (Å²) in [6.07, 6.45) is 5.09.